The second-order valence-electron chi connectivity index (χ2n) is 7.05. The van der Waals surface area contributed by atoms with Gasteiger partial charge in [-0.1, -0.05) is 54.6 Å². The Hall–Kier alpha value is -3.42. The van der Waals surface area contributed by atoms with Gasteiger partial charge >= 0.3 is 5.97 Å². The fourth-order valence-corrected chi connectivity index (χ4v) is 3.86. The SMILES string of the molecule is CSC(=Cc1ncccc1CN)CC(NC(=O)c1ccccc1-c1ccccc1)C(=O)O. The molecule has 0 fully saturated rings. The molecule has 0 aliphatic heterocycles. The first-order valence-electron chi connectivity index (χ1n) is 10.1. The smallest absolute Gasteiger partial charge is 0.326 e. The van der Waals surface area contributed by atoms with Crippen LogP contribution in [-0.2, 0) is 11.3 Å². The van der Waals surface area contributed by atoms with Crippen LogP contribution in [0.1, 0.15) is 28.0 Å². The fraction of sp³-hybridized carbons (Fsp3) is 0.160. The molecule has 4 N–H and O–H groups in total. The number of rotatable bonds is 9. The highest BCUT2D eigenvalue weighted by Gasteiger charge is 2.23. The Kier molecular flexibility index (Phi) is 8.19. The van der Waals surface area contributed by atoms with Crippen molar-refractivity contribution in [2.24, 2.45) is 5.73 Å². The molecule has 1 unspecified atom stereocenters. The number of benzene rings is 2. The molecule has 2 aromatic carbocycles. The molecule has 1 amide bonds. The number of nitrogens with two attached hydrogens (primary N) is 1. The maximum absolute atomic E-state index is 13.1. The minimum Gasteiger partial charge on any atom is -0.480 e. The summed E-state index contributed by atoms with van der Waals surface area (Å²) in [5, 5.41) is 12.5. The maximum Gasteiger partial charge on any atom is 0.326 e. The molecule has 1 aromatic heterocycles. The highest BCUT2D eigenvalue weighted by molar-refractivity contribution is 8.02. The highest BCUT2D eigenvalue weighted by atomic mass is 32.2. The minimum absolute atomic E-state index is 0.135. The van der Waals surface area contributed by atoms with Crippen LogP contribution in [0.25, 0.3) is 17.2 Å². The maximum atomic E-state index is 13.1. The van der Waals surface area contributed by atoms with Gasteiger partial charge in [-0.2, -0.15) is 0 Å². The summed E-state index contributed by atoms with van der Waals surface area (Å²) in [5.74, 6) is -1.53. The Morgan fingerprint density at radius 2 is 1.81 bits per heavy atom. The number of carbonyl (C=O) groups is 2. The van der Waals surface area contributed by atoms with E-state index in [1.54, 1.807) is 18.3 Å². The van der Waals surface area contributed by atoms with Crippen molar-refractivity contribution in [1.29, 1.82) is 0 Å². The normalized spacial score (nSPS) is 12.2. The topological polar surface area (TPSA) is 105 Å². The van der Waals surface area contributed by atoms with Crippen molar-refractivity contribution in [3.63, 3.8) is 0 Å². The molecule has 3 rings (SSSR count). The monoisotopic (exact) mass is 447 g/mol. The lowest BCUT2D eigenvalue weighted by atomic mass is 9.99. The summed E-state index contributed by atoms with van der Waals surface area (Å²) in [6.07, 6.45) is 5.49. The number of carbonyl (C=O) groups excluding carboxylic acids is 1. The molecule has 0 aliphatic rings. The van der Waals surface area contributed by atoms with Crippen LogP contribution >= 0.6 is 11.8 Å². The summed E-state index contributed by atoms with van der Waals surface area (Å²) >= 11 is 1.42. The van der Waals surface area contributed by atoms with E-state index in [1.165, 1.54) is 11.8 Å². The molecule has 164 valence electrons. The highest BCUT2D eigenvalue weighted by Crippen LogP contribution is 2.25. The van der Waals surface area contributed by atoms with Crippen LogP contribution in [0.5, 0.6) is 0 Å². The Bertz CT molecular complexity index is 1120. The van der Waals surface area contributed by atoms with Crippen molar-refractivity contribution >= 4 is 29.7 Å². The second-order valence-corrected chi connectivity index (χ2v) is 7.98. The van der Waals surface area contributed by atoms with Gasteiger partial charge in [0.2, 0.25) is 0 Å². The molecule has 7 heteroatoms. The zero-order valence-electron chi connectivity index (χ0n) is 17.7. The molecule has 0 aliphatic carbocycles. The van der Waals surface area contributed by atoms with Crippen LogP contribution in [0, 0.1) is 0 Å². The number of pyridine rings is 1. The number of hydrogen-bond acceptors (Lipinski definition) is 5. The summed E-state index contributed by atoms with van der Waals surface area (Å²) in [5.41, 5.74) is 9.41. The lowest BCUT2D eigenvalue weighted by Gasteiger charge is -2.17. The van der Waals surface area contributed by atoms with Crippen LogP contribution in [0.4, 0.5) is 0 Å². The van der Waals surface area contributed by atoms with Crippen molar-refractivity contribution in [1.82, 2.24) is 10.3 Å². The number of nitrogens with zero attached hydrogens (tertiary/aromatic N) is 1. The molecule has 0 bridgehead atoms. The van der Waals surface area contributed by atoms with Crippen LogP contribution in [0.15, 0.2) is 77.8 Å². The Balaban J connectivity index is 1.84. The number of aliphatic carboxylic acids is 1. The fourth-order valence-electron chi connectivity index (χ4n) is 3.29. The first-order valence-corrected chi connectivity index (χ1v) is 11.3. The predicted molar refractivity (Wildman–Crippen MR) is 129 cm³/mol. The zero-order chi connectivity index (χ0) is 22.9. The third kappa shape index (κ3) is 5.84. The number of amides is 1. The molecule has 3 aromatic rings. The summed E-state index contributed by atoms with van der Waals surface area (Å²) in [6, 6.07) is 19.3. The summed E-state index contributed by atoms with van der Waals surface area (Å²) in [7, 11) is 0. The average Bonchev–Trinajstić information content (AvgIpc) is 2.83. The third-order valence-electron chi connectivity index (χ3n) is 4.97. The largest absolute Gasteiger partial charge is 0.480 e. The molecule has 1 atom stereocenters. The van der Waals surface area contributed by atoms with E-state index in [9.17, 15) is 14.7 Å². The lowest BCUT2D eigenvalue weighted by Crippen LogP contribution is -2.41. The van der Waals surface area contributed by atoms with Gasteiger partial charge in [0.05, 0.1) is 5.69 Å². The first-order chi connectivity index (χ1) is 15.5. The minimum atomic E-state index is -1.10. The van der Waals surface area contributed by atoms with Gasteiger partial charge in [-0.15, -0.1) is 11.8 Å². The van der Waals surface area contributed by atoms with Gasteiger partial charge in [-0.05, 0) is 46.1 Å². The van der Waals surface area contributed by atoms with Crippen molar-refractivity contribution in [3.8, 4) is 11.1 Å². The van der Waals surface area contributed by atoms with Gasteiger partial charge in [-0.3, -0.25) is 9.78 Å². The van der Waals surface area contributed by atoms with E-state index in [0.29, 0.717) is 17.8 Å². The van der Waals surface area contributed by atoms with E-state index in [2.05, 4.69) is 10.3 Å². The van der Waals surface area contributed by atoms with Gasteiger partial charge in [0.1, 0.15) is 6.04 Å². The quantitative estimate of drug-likeness (QED) is 0.454. The van der Waals surface area contributed by atoms with Gasteiger partial charge in [0.25, 0.3) is 5.91 Å². The molecule has 0 spiro atoms. The molecular formula is C25H25N3O3S. The Morgan fingerprint density at radius 3 is 2.50 bits per heavy atom. The van der Waals surface area contributed by atoms with Gasteiger partial charge in [0, 0.05) is 24.7 Å². The van der Waals surface area contributed by atoms with E-state index < -0.39 is 17.9 Å². The van der Waals surface area contributed by atoms with Crippen LogP contribution < -0.4 is 11.1 Å². The third-order valence-corrected chi connectivity index (χ3v) is 5.78. The van der Waals surface area contributed by atoms with E-state index in [-0.39, 0.29) is 6.42 Å². The number of aromatic nitrogens is 1. The number of hydrogen-bond donors (Lipinski definition) is 3. The van der Waals surface area contributed by atoms with E-state index in [1.807, 2.05) is 66.9 Å². The van der Waals surface area contributed by atoms with E-state index >= 15 is 0 Å². The predicted octanol–water partition coefficient (Wildman–Crippen LogP) is 4.18. The van der Waals surface area contributed by atoms with Gasteiger partial charge in [0.15, 0.2) is 0 Å². The van der Waals surface area contributed by atoms with Crippen molar-refractivity contribution in [2.45, 2.75) is 19.0 Å². The summed E-state index contributed by atoms with van der Waals surface area (Å²) in [4.78, 5) is 30.1. The number of thioether (sulfide) groups is 1. The molecule has 1 heterocycles. The Morgan fingerprint density at radius 1 is 1.09 bits per heavy atom. The van der Waals surface area contributed by atoms with Gasteiger partial charge < -0.3 is 16.2 Å². The van der Waals surface area contributed by atoms with E-state index in [4.69, 9.17) is 5.73 Å². The van der Waals surface area contributed by atoms with Crippen molar-refractivity contribution in [3.05, 3.63) is 94.7 Å². The standard InChI is InChI=1S/C25H25N3O3S/c1-32-19(14-22-18(16-26)10-7-13-27-22)15-23(25(30)31)28-24(29)21-12-6-5-11-20(21)17-8-3-2-4-9-17/h2-14,23H,15-16,26H2,1H3,(H,28,29)(H,30,31). The van der Waals surface area contributed by atoms with E-state index in [0.717, 1.165) is 21.6 Å². The van der Waals surface area contributed by atoms with Crippen molar-refractivity contribution in [2.75, 3.05) is 6.26 Å². The molecule has 0 radical (unpaired) electrons. The van der Waals surface area contributed by atoms with Crippen LogP contribution in [-0.4, -0.2) is 34.3 Å². The Labute approximate surface area is 191 Å². The zero-order valence-corrected chi connectivity index (χ0v) is 18.5. The second kappa shape index (κ2) is 11.3. The summed E-state index contributed by atoms with van der Waals surface area (Å²) < 4.78 is 0. The number of carboxylic acids is 1. The molecule has 0 saturated carbocycles. The number of carboxylic acid groups (broad SMARTS) is 1. The molecule has 6 nitrogen and oxygen atoms in total. The average molecular weight is 448 g/mol. The molecule has 32 heavy (non-hydrogen) atoms. The van der Waals surface area contributed by atoms with Crippen LogP contribution in [0.3, 0.4) is 0 Å². The van der Waals surface area contributed by atoms with Crippen LogP contribution in [0.2, 0.25) is 0 Å². The summed E-state index contributed by atoms with van der Waals surface area (Å²) in [6.45, 7) is 0.330. The molecule has 0 saturated heterocycles. The number of nitrogens with one attached hydrogen (secondary N) is 1. The van der Waals surface area contributed by atoms with Gasteiger partial charge in [-0.25, -0.2) is 4.79 Å². The van der Waals surface area contributed by atoms with Crippen molar-refractivity contribution < 1.29 is 14.7 Å². The lowest BCUT2D eigenvalue weighted by molar-refractivity contribution is -0.139. The molecular weight excluding hydrogens is 422 g/mol. The first kappa shape index (κ1) is 23.2.